The van der Waals surface area contributed by atoms with Gasteiger partial charge in [-0.1, -0.05) is 98.9 Å². The number of benzene rings is 2. The van der Waals surface area contributed by atoms with Crippen molar-refractivity contribution in [3.8, 4) is 5.75 Å². The minimum Gasteiger partial charge on any atom is -0.487 e. The van der Waals surface area contributed by atoms with Crippen LogP contribution < -0.4 is 4.74 Å². The number of aryl methyl sites for hydroxylation is 1. The molecule has 2 heterocycles. The van der Waals surface area contributed by atoms with E-state index in [1.54, 1.807) is 6.20 Å². The van der Waals surface area contributed by atoms with E-state index in [-0.39, 0.29) is 0 Å². The molecular weight excluding hydrogens is 452 g/mol. The van der Waals surface area contributed by atoms with Crippen LogP contribution in [-0.4, -0.2) is 11.2 Å². The van der Waals surface area contributed by atoms with E-state index in [4.69, 9.17) is 4.74 Å². The van der Waals surface area contributed by atoms with E-state index in [2.05, 4.69) is 78.6 Å². The Morgan fingerprint density at radius 1 is 0.946 bits per heavy atom. The zero-order valence-corrected chi connectivity index (χ0v) is 22.2. The van der Waals surface area contributed by atoms with Crippen LogP contribution in [0.4, 0.5) is 5.69 Å². The number of hydrogen-bond acceptors (Lipinski definition) is 3. The normalized spacial score (nSPS) is 12.1. The fourth-order valence-electron chi connectivity index (χ4n) is 3.80. The van der Waals surface area contributed by atoms with Crippen molar-refractivity contribution in [2.24, 2.45) is 4.99 Å². The molecule has 4 rings (SSSR count). The Morgan fingerprint density at radius 3 is 2.46 bits per heavy atom. The van der Waals surface area contributed by atoms with Crippen LogP contribution >= 0.6 is 0 Å². The first-order valence-electron chi connectivity index (χ1n) is 12.8. The number of fused-ring (bicyclic) bond motifs is 1. The molecule has 188 valence electrons. The van der Waals surface area contributed by atoms with E-state index in [1.807, 2.05) is 62.5 Å². The zero-order valence-electron chi connectivity index (χ0n) is 22.2. The standard InChI is InChI=1S/C32H30N2O.C2H6/c1-24(21-25(2)14-16-28-9-8-12-32-31(28)11-5-7-20-34-32)13-15-27-17-18-30(22-26(27)3)35-23-29-10-4-6-19-33-29;1-2/h4-6,8-20,22H,1-2,7,21,23H2,3H3;1-2H3/b15-13+,16-14+;. The van der Waals surface area contributed by atoms with Crippen molar-refractivity contribution in [1.29, 1.82) is 0 Å². The van der Waals surface area contributed by atoms with E-state index in [0.29, 0.717) is 13.0 Å². The second-order valence-electron chi connectivity index (χ2n) is 8.52. The van der Waals surface area contributed by atoms with Gasteiger partial charge in [0.2, 0.25) is 0 Å². The Bertz CT molecular complexity index is 1330. The quantitative estimate of drug-likeness (QED) is 0.281. The molecule has 1 aliphatic heterocycles. The molecule has 3 nitrogen and oxygen atoms in total. The topological polar surface area (TPSA) is 34.5 Å². The minimum atomic E-state index is 0.456. The molecule has 3 aromatic rings. The summed E-state index contributed by atoms with van der Waals surface area (Å²) in [5.74, 6) is 0.835. The summed E-state index contributed by atoms with van der Waals surface area (Å²) < 4.78 is 5.88. The highest BCUT2D eigenvalue weighted by Gasteiger charge is 2.05. The van der Waals surface area contributed by atoms with Crippen LogP contribution in [0.3, 0.4) is 0 Å². The number of aliphatic imine (C=N–C) groups is 1. The molecule has 1 aliphatic rings. The number of nitrogens with zero attached hydrogens (tertiary/aromatic N) is 2. The van der Waals surface area contributed by atoms with Gasteiger partial charge in [-0.3, -0.25) is 9.98 Å². The fourth-order valence-corrected chi connectivity index (χ4v) is 3.80. The van der Waals surface area contributed by atoms with Gasteiger partial charge in [-0.25, -0.2) is 0 Å². The SMILES string of the molecule is C=C(/C=C/c1ccc(OCc2ccccn2)cc1C)CC(=C)/C=C/c1cccc2c1C=CCC=N2.CC. The largest absolute Gasteiger partial charge is 0.487 e. The minimum absolute atomic E-state index is 0.456. The van der Waals surface area contributed by atoms with E-state index in [1.165, 1.54) is 0 Å². The van der Waals surface area contributed by atoms with Gasteiger partial charge in [-0.05, 0) is 60.4 Å². The monoisotopic (exact) mass is 488 g/mol. The van der Waals surface area contributed by atoms with Crippen LogP contribution in [-0.2, 0) is 6.61 Å². The van der Waals surface area contributed by atoms with E-state index < -0.39 is 0 Å². The van der Waals surface area contributed by atoms with Gasteiger partial charge >= 0.3 is 0 Å². The molecule has 1 aromatic heterocycles. The molecule has 0 spiro atoms. The van der Waals surface area contributed by atoms with E-state index in [9.17, 15) is 0 Å². The third kappa shape index (κ3) is 8.43. The van der Waals surface area contributed by atoms with Crippen LogP contribution in [0.25, 0.3) is 18.2 Å². The molecule has 0 atom stereocenters. The first-order valence-corrected chi connectivity index (χ1v) is 12.8. The third-order valence-corrected chi connectivity index (χ3v) is 5.68. The highest BCUT2D eigenvalue weighted by Crippen LogP contribution is 2.28. The van der Waals surface area contributed by atoms with Crippen LogP contribution in [0.2, 0.25) is 0 Å². The molecule has 2 aromatic carbocycles. The van der Waals surface area contributed by atoms with E-state index >= 15 is 0 Å². The highest BCUT2D eigenvalue weighted by molar-refractivity contribution is 5.80. The van der Waals surface area contributed by atoms with Gasteiger partial charge < -0.3 is 4.74 Å². The summed E-state index contributed by atoms with van der Waals surface area (Å²) >= 11 is 0. The van der Waals surface area contributed by atoms with Gasteiger partial charge in [0.15, 0.2) is 0 Å². The van der Waals surface area contributed by atoms with Gasteiger partial charge in [0.1, 0.15) is 12.4 Å². The summed E-state index contributed by atoms with van der Waals surface area (Å²) in [5.41, 5.74) is 8.49. The first kappa shape index (κ1) is 27.3. The molecule has 37 heavy (non-hydrogen) atoms. The number of allylic oxidation sites excluding steroid dienone is 5. The molecule has 0 fully saturated rings. The molecule has 0 N–H and O–H groups in total. The maximum absolute atomic E-state index is 5.88. The Hall–Kier alpha value is -4.24. The fraction of sp³-hybridized carbons (Fsp3) is 0.176. The molecule has 0 bridgehead atoms. The molecule has 0 saturated carbocycles. The molecule has 0 unspecified atom stereocenters. The predicted molar refractivity (Wildman–Crippen MR) is 160 cm³/mol. The number of hydrogen-bond donors (Lipinski definition) is 0. The molecule has 0 saturated heterocycles. The van der Waals surface area contributed by atoms with Gasteiger partial charge in [0.25, 0.3) is 0 Å². The van der Waals surface area contributed by atoms with Crippen LogP contribution in [0.15, 0.2) is 108 Å². The Labute approximate surface area is 222 Å². The third-order valence-electron chi connectivity index (χ3n) is 5.68. The maximum Gasteiger partial charge on any atom is 0.130 e. The predicted octanol–water partition coefficient (Wildman–Crippen LogP) is 9.34. The van der Waals surface area contributed by atoms with Crippen molar-refractivity contribution < 1.29 is 4.74 Å². The lowest BCUT2D eigenvalue weighted by Crippen LogP contribution is -1.98. The molecule has 0 amide bonds. The number of aromatic nitrogens is 1. The number of pyridine rings is 1. The molecular formula is C34H36N2O. The Morgan fingerprint density at radius 2 is 1.73 bits per heavy atom. The van der Waals surface area contributed by atoms with E-state index in [0.717, 1.165) is 57.0 Å². The zero-order chi connectivity index (χ0) is 26.5. The van der Waals surface area contributed by atoms with Crippen molar-refractivity contribution >= 4 is 30.1 Å². The van der Waals surface area contributed by atoms with Crippen LogP contribution in [0.1, 0.15) is 54.6 Å². The van der Waals surface area contributed by atoms with Crippen molar-refractivity contribution in [3.63, 3.8) is 0 Å². The van der Waals surface area contributed by atoms with Gasteiger partial charge in [0, 0.05) is 24.4 Å². The lowest BCUT2D eigenvalue weighted by Gasteiger charge is -2.08. The van der Waals surface area contributed by atoms with Gasteiger partial charge in [-0.15, -0.1) is 0 Å². The van der Waals surface area contributed by atoms with Crippen molar-refractivity contribution in [2.45, 2.75) is 40.2 Å². The summed E-state index contributed by atoms with van der Waals surface area (Å²) in [7, 11) is 0. The number of rotatable bonds is 9. The molecule has 0 radical (unpaired) electrons. The summed E-state index contributed by atoms with van der Waals surface area (Å²) in [6.45, 7) is 15.0. The molecule has 0 aliphatic carbocycles. The summed E-state index contributed by atoms with van der Waals surface area (Å²) in [5, 5.41) is 0. The maximum atomic E-state index is 5.88. The van der Waals surface area contributed by atoms with Gasteiger partial charge in [-0.2, -0.15) is 0 Å². The average molecular weight is 489 g/mol. The Kier molecular flexibility index (Phi) is 10.6. The van der Waals surface area contributed by atoms with Crippen molar-refractivity contribution in [2.75, 3.05) is 0 Å². The second-order valence-corrected chi connectivity index (χ2v) is 8.52. The lowest BCUT2D eigenvalue weighted by molar-refractivity contribution is 0.301. The summed E-state index contributed by atoms with van der Waals surface area (Å²) in [6.07, 6.45) is 17.9. The lowest BCUT2D eigenvalue weighted by atomic mass is 10.0. The van der Waals surface area contributed by atoms with Gasteiger partial charge in [0.05, 0.1) is 11.4 Å². The average Bonchev–Trinajstić information content (AvgIpc) is 3.18. The summed E-state index contributed by atoms with van der Waals surface area (Å²) in [6, 6.07) is 18.1. The Balaban J connectivity index is 0.00000186. The van der Waals surface area contributed by atoms with Crippen LogP contribution in [0, 0.1) is 6.92 Å². The number of ether oxygens (including phenoxy) is 1. The second kappa shape index (κ2) is 14.4. The molecule has 3 heteroatoms. The van der Waals surface area contributed by atoms with Crippen molar-refractivity contribution in [3.05, 3.63) is 131 Å². The van der Waals surface area contributed by atoms with Crippen LogP contribution in [0.5, 0.6) is 5.75 Å². The van der Waals surface area contributed by atoms with Crippen molar-refractivity contribution in [1.82, 2.24) is 4.98 Å². The smallest absolute Gasteiger partial charge is 0.130 e. The first-order chi connectivity index (χ1) is 18.1. The highest BCUT2D eigenvalue weighted by atomic mass is 16.5. The summed E-state index contributed by atoms with van der Waals surface area (Å²) in [4.78, 5) is 8.83.